The van der Waals surface area contributed by atoms with Crippen molar-refractivity contribution in [2.45, 2.75) is 351 Å². The van der Waals surface area contributed by atoms with Gasteiger partial charge >= 0.3 is 0 Å². The molecule has 6 atom stereocenters. The molecule has 0 N–H and O–H groups in total. The number of rotatable bonds is 5. The molecule has 17 saturated carbocycles. The van der Waals surface area contributed by atoms with Crippen LogP contribution in [-0.4, -0.2) is 0 Å². The summed E-state index contributed by atoms with van der Waals surface area (Å²) in [5.74, 6) is 16.3. The molecule has 438 valence electrons. The lowest BCUT2D eigenvalue weighted by Gasteiger charge is -2.54. The minimum atomic E-state index is -3.26. The van der Waals surface area contributed by atoms with Gasteiger partial charge in [-0.3, -0.25) is 0 Å². The quantitative estimate of drug-likeness (QED) is 0.257. The van der Waals surface area contributed by atoms with E-state index in [4.69, 9.17) is 35.6 Å². The van der Waals surface area contributed by atoms with E-state index in [1.54, 1.807) is 116 Å². The Balaban J connectivity index is 0.000000161. The molecule has 17 aliphatic carbocycles. The maximum Gasteiger partial charge on any atom is 0.0269 e. The average molecular weight is 1070 g/mol. The standard InChI is InChI=1S/C12H20.C11H18.C9H16.C8H14.C8H16.3C7H14.C6H12/c1-2-12-10-4-8-3-9(6-10)7-11(12)5-8;1-7-10-3-8-2-9(5-10)6-11(7)4-8;1-2-8-5-7-3-4-9(8)6-7;1-6-4-7-2-3-8(6)5-7;1-2-8-6-4-3-5-7-8;1-7-5-3-2-4-6-7;2*1-2-7-5-3-4-6-7;1-6-4-2-3-5-6/h8-12H,2-7H2,1H3;7-11H,2-6H2,1H3;7-9H,2-6H2,1H3;6-8H,2-5H2,1H3;8H,2-7H2,1H3;3*7H,2-6H2,1H3;6H,2-5H2,1H3/i;;;;;2D2,3D2,4D2,5D2,6D2;3D2,4D2,5D2,6D2;;2D2,3D2,4D2,5D2. The summed E-state index contributed by atoms with van der Waals surface area (Å²) < 4.78 is 194. The van der Waals surface area contributed by atoms with Crippen molar-refractivity contribution in [2.24, 2.45) is 124 Å². The van der Waals surface area contributed by atoms with E-state index in [2.05, 4.69) is 41.5 Å². The third-order valence-electron chi connectivity index (χ3n) is 22.8. The first-order valence-corrected chi connectivity index (χ1v) is 33.3. The van der Waals surface area contributed by atoms with E-state index in [9.17, 15) is 0 Å². The molecule has 0 spiro atoms. The van der Waals surface area contributed by atoms with Gasteiger partial charge in [-0.15, -0.1) is 0 Å². The van der Waals surface area contributed by atoms with Gasteiger partial charge in [-0.2, -0.15) is 0 Å². The predicted octanol–water partition coefficient (Wildman–Crippen LogP) is 24.8. The Bertz CT molecular complexity index is 2450. The Labute approximate surface area is 509 Å². The maximum atomic E-state index is 7.57. The number of fused-ring (bicyclic) bond motifs is 4. The monoisotopic (exact) mass is 1070 g/mol. The highest BCUT2D eigenvalue weighted by Crippen LogP contribution is 2.58. The van der Waals surface area contributed by atoms with E-state index >= 15 is 0 Å². The normalized spacial score (nSPS) is 54.5. The lowest BCUT2D eigenvalue weighted by molar-refractivity contribution is -0.0376. The summed E-state index contributed by atoms with van der Waals surface area (Å²) in [5.41, 5.74) is 0. The van der Waals surface area contributed by atoms with Crippen molar-refractivity contribution in [1.29, 1.82) is 0 Å². The van der Waals surface area contributed by atoms with Crippen LogP contribution in [0.1, 0.15) is 386 Å². The highest BCUT2D eigenvalue weighted by molar-refractivity contribution is 4.98. The predicted molar refractivity (Wildman–Crippen MR) is 332 cm³/mol. The van der Waals surface area contributed by atoms with E-state index in [0.717, 1.165) is 113 Å². The zero-order chi connectivity index (χ0) is 76.3. The third kappa shape index (κ3) is 20.4. The van der Waals surface area contributed by atoms with Crippen LogP contribution in [-0.2, 0) is 0 Å². The van der Waals surface area contributed by atoms with Crippen LogP contribution in [0.3, 0.4) is 0 Å². The molecule has 0 aliphatic heterocycles. The van der Waals surface area contributed by atoms with Crippen LogP contribution in [0.15, 0.2) is 0 Å². The molecule has 17 fully saturated rings. The molecular formula is C75H138. The SMILES string of the molecule is CC1C2CC3CC(C2)CC1C3.CC1CC2CCC1C2.CCC1C2CC3CC(C2)CC1C3.CCC1CC2CCC1C2.CCC1CCCC1.CCC1CCCCC1.[2H]C1([2H])C(C)C([2H])([2H])C([2H])([2H])C([2H])([2H])C1([2H])[2H].[2H]C1([2H])C(C)C([2H])([2H])C([2H])([2H])C1([2H])[2H].[2H]C1([2H])C(CC)C([2H])([2H])C([2H])([2H])C1([2H])[2H]. The van der Waals surface area contributed by atoms with E-state index < -0.39 is 101 Å². The summed E-state index contributed by atoms with van der Waals surface area (Å²) in [4.78, 5) is 0. The first-order chi connectivity index (χ1) is 46.3. The first-order valence-electron chi connectivity index (χ1n) is 46.3. The van der Waals surface area contributed by atoms with Gasteiger partial charge in [-0.25, -0.2) is 0 Å². The zero-order valence-corrected chi connectivity index (χ0v) is 50.3. The fourth-order valence-corrected chi connectivity index (χ4v) is 18.5. The van der Waals surface area contributed by atoms with Crippen LogP contribution in [0.4, 0.5) is 0 Å². The van der Waals surface area contributed by atoms with Gasteiger partial charge in [0, 0.05) is 35.6 Å². The summed E-state index contributed by atoms with van der Waals surface area (Å²) in [6.07, 6.45) is 11.5. The second kappa shape index (κ2) is 33.8. The molecule has 0 amide bonds. The van der Waals surface area contributed by atoms with Crippen molar-refractivity contribution >= 4 is 0 Å². The van der Waals surface area contributed by atoms with Gasteiger partial charge in [0.05, 0.1) is 0 Å². The zero-order valence-electron chi connectivity index (χ0n) is 76.3. The van der Waals surface area contributed by atoms with Gasteiger partial charge in [0.15, 0.2) is 0 Å². The molecule has 0 aromatic carbocycles. The van der Waals surface area contributed by atoms with Crippen LogP contribution in [0.2, 0.25) is 0 Å². The molecule has 17 aliphatic rings. The van der Waals surface area contributed by atoms with Crippen molar-refractivity contribution in [3.05, 3.63) is 0 Å². The smallest absolute Gasteiger partial charge is 0.0269 e. The van der Waals surface area contributed by atoms with Gasteiger partial charge in [-0.1, -0.05) is 248 Å². The summed E-state index contributed by atoms with van der Waals surface area (Å²) in [6, 6.07) is 0. The van der Waals surface area contributed by atoms with Crippen LogP contribution in [0.25, 0.3) is 0 Å². The van der Waals surface area contributed by atoms with Crippen molar-refractivity contribution < 1.29 is 35.6 Å². The maximum absolute atomic E-state index is 7.57. The largest absolute Gasteiger partial charge is 0.0651 e. The third-order valence-corrected chi connectivity index (χ3v) is 22.8. The Hall–Kier alpha value is 0. The second-order valence-corrected chi connectivity index (χ2v) is 27.9. The van der Waals surface area contributed by atoms with Crippen LogP contribution in [0.5, 0.6) is 0 Å². The highest BCUT2D eigenvalue weighted by atomic mass is 14.5. The molecule has 75 heavy (non-hydrogen) atoms. The molecule has 0 radical (unpaired) electrons. The van der Waals surface area contributed by atoms with Crippen molar-refractivity contribution in [3.8, 4) is 0 Å². The van der Waals surface area contributed by atoms with Crippen LogP contribution < -0.4 is 0 Å². The number of hydrogen-bond donors (Lipinski definition) is 0. The van der Waals surface area contributed by atoms with Crippen molar-refractivity contribution in [3.63, 3.8) is 0 Å². The van der Waals surface area contributed by atoms with Crippen LogP contribution >= 0.6 is 0 Å². The molecule has 0 aromatic heterocycles. The molecule has 0 heterocycles. The fourth-order valence-electron chi connectivity index (χ4n) is 18.5. The Morgan fingerprint density at radius 3 is 0.973 bits per heavy atom. The minimum Gasteiger partial charge on any atom is -0.0651 e. The van der Waals surface area contributed by atoms with E-state index in [1.807, 2.05) is 0 Å². The van der Waals surface area contributed by atoms with Crippen LogP contribution in [0, 0.1) is 124 Å². The lowest BCUT2D eigenvalue weighted by Crippen LogP contribution is -2.44. The van der Waals surface area contributed by atoms with Gasteiger partial charge in [0.2, 0.25) is 0 Å². The summed E-state index contributed by atoms with van der Waals surface area (Å²) >= 11 is 0. The van der Waals surface area contributed by atoms with E-state index in [-0.39, 0.29) is 6.42 Å². The molecule has 0 aromatic rings. The molecular weight excluding hydrogens is 901 g/mol. The van der Waals surface area contributed by atoms with Gasteiger partial charge in [-0.05, 0) is 227 Å². The fraction of sp³-hybridized carbons (Fsp3) is 1.00. The summed E-state index contributed by atoms with van der Waals surface area (Å²) in [7, 11) is 0. The first kappa shape index (κ1) is 35.9. The molecule has 12 bridgehead atoms. The van der Waals surface area contributed by atoms with Crippen molar-refractivity contribution in [1.82, 2.24) is 0 Å². The lowest BCUT2D eigenvalue weighted by atomic mass is 9.51. The topological polar surface area (TPSA) is 0 Å². The van der Waals surface area contributed by atoms with Gasteiger partial charge in [0.1, 0.15) is 0 Å². The Kier molecular flexibility index (Phi) is 16.2. The van der Waals surface area contributed by atoms with Gasteiger partial charge < -0.3 is 0 Å². The summed E-state index contributed by atoms with van der Waals surface area (Å²) in [5, 5.41) is 0. The Morgan fingerprint density at radius 1 is 0.293 bits per heavy atom. The number of hydrogen-bond acceptors (Lipinski definition) is 0. The second-order valence-electron chi connectivity index (χ2n) is 27.9. The minimum absolute atomic E-state index is 0.0685. The molecule has 6 unspecified atom stereocenters. The molecule has 0 saturated heterocycles. The molecule has 17 rings (SSSR count). The molecule has 0 nitrogen and oxygen atoms in total. The highest BCUT2D eigenvalue weighted by Gasteiger charge is 2.48. The molecule has 0 heteroatoms. The van der Waals surface area contributed by atoms with E-state index in [1.165, 1.54) is 97.3 Å². The van der Waals surface area contributed by atoms with E-state index in [0.29, 0.717) is 0 Å². The Morgan fingerprint density at radius 2 is 0.680 bits per heavy atom. The average Bonchev–Trinajstić information content (AvgIpc) is 1.65. The van der Waals surface area contributed by atoms with Gasteiger partial charge in [0.25, 0.3) is 0 Å². The van der Waals surface area contributed by atoms with Crippen molar-refractivity contribution in [2.75, 3.05) is 0 Å². The summed E-state index contributed by atoms with van der Waals surface area (Å²) in [6.45, 7) is 18.1.